The fourth-order valence-corrected chi connectivity index (χ4v) is 4.39. The van der Waals surface area contributed by atoms with Gasteiger partial charge in [-0.15, -0.1) is 10.2 Å². The molecule has 2 aromatic heterocycles. The molecule has 0 amide bonds. The van der Waals surface area contributed by atoms with Gasteiger partial charge in [0, 0.05) is 11.6 Å². The van der Waals surface area contributed by atoms with Crippen LogP contribution in [0.25, 0.3) is 11.6 Å². The predicted octanol–water partition coefficient (Wildman–Crippen LogP) is 5.16. The number of Topliss-reactive ketones (excluding diaryl/α,β-unsaturated/α-hetero) is 1. The summed E-state index contributed by atoms with van der Waals surface area (Å²) in [5.41, 5.74) is 0.373. The van der Waals surface area contributed by atoms with Gasteiger partial charge >= 0.3 is 0 Å². The molecule has 140 valence electrons. The highest BCUT2D eigenvalue weighted by atomic mass is 32.2. The maximum Gasteiger partial charge on any atom is 0.200 e. The fourth-order valence-electron chi connectivity index (χ4n) is 3.49. The second-order valence-electron chi connectivity index (χ2n) is 6.67. The number of ketones is 1. The van der Waals surface area contributed by atoms with Crippen LogP contribution in [0.2, 0.25) is 0 Å². The Labute approximate surface area is 161 Å². The minimum atomic E-state index is -0.406. The Balaban J connectivity index is 1.57. The molecule has 7 heteroatoms. The molecule has 0 unspecified atom stereocenters. The number of benzene rings is 1. The minimum absolute atomic E-state index is 0.128. The summed E-state index contributed by atoms with van der Waals surface area (Å²) < 4.78 is 21.0. The van der Waals surface area contributed by atoms with Crippen molar-refractivity contribution >= 4 is 17.5 Å². The van der Waals surface area contributed by atoms with E-state index in [1.165, 1.54) is 43.2 Å². The first-order chi connectivity index (χ1) is 13.2. The van der Waals surface area contributed by atoms with Crippen LogP contribution >= 0.6 is 11.8 Å². The standard InChI is InChI=1S/C20H20FN3O2S/c21-15-7-4-6-14(12-15)17(25)13-27-20-23-22-19(18-10-5-11-26-18)24(20)16-8-2-1-3-9-16/h4-7,10-12,16H,1-3,8-9,13H2. The van der Waals surface area contributed by atoms with Crippen LogP contribution in [0.1, 0.15) is 48.5 Å². The van der Waals surface area contributed by atoms with E-state index >= 15 is 0 Å². The zero-order valence-electron chi connectivity index (χ0n) is 14.8. The highest BCUT2D eigenvalue weighted by molar-refractivity contribution is 7.99. The molecule has 0 bridgehead atoms. The first kappa shape index (κ1) is 18.0. The van der Waals surface area contributed by atoms with E-state index in [9.17, 15) is 9.18 Å². The van der Waals surface area contributed by atoms with E-state index in [1.807, 2.05) is 12.1 Å². The van der Waals surface area contributed by atoms with Crippen LogP contribution < -0.4 is 0 Å². The number of rotatable bonds is 6. The first-order valence-electron chi connectivity index (χ1n) is 9.13. The maximum absolute atomic E-state index is 13.4. The van der Waals surface area contributed by atoms with Gasteiger partial charge in [0.05, 0.1) is 12.0 Å². The van der Waals surface area contributed by atoms with Crippen LogP contribution in [0.5, 0.6) is 0 Å². The van der Waals surface area contributed by atoms with Crippen molar-refractivity contribution in [2.45, 2.75) is 43.3 Å². The fraction of sp³-hybridized carbons (Fsp3) is 0.350. The zero-order chi connectivity index (χ0) is 18.6. The lowest BCUT2D eigenvalue weighted by Gasteiger charge is -2.25. The third kappa shape index (κ3) is 3.98. The average molecular weight is 385 g/mol. The molecule has 27 heavy (non-hydrogen) atoms. The van der Waals surface area contributed by atoms with Gasteiger partial charge < -0.3 is 4.42 Å². The quantitative estimate of drug-likeness (QED) is 0.433. The minimum Gasteiger partial charge on any atom is -0.461 e. The predicted molar refractivity (Wildman–Crippen MR) is 101 cm³/mol. The smallest absolute Gasteiger partial charge is 0.200 e. The highest BCUT2D eigenvalue weighted by Gasteiger charge is 2.25. The van der Waals surface area contributed by atoms with E-state index in [0.29, 0.717) is 28.3 Å². The third-order valence-corrected chi connectivity index (χ3v) is 5.77. The van der Waals surface area contributed by atoms with Crippen LogP contribution in [-0.2, 0) is 0 Å². The van der Waals surface area contributed by atoms with E-state index in [4.69, 9.17) is 4.42 Å². The number of furan rings is 1. The summed E-state index contributed by atoms with van der Waals surface area (Å²) in [5, 5.41) is 9.35. The molecule has 1 aliphatic rings. The van der Waals surface area contributed by atoms with Gasteiger partial charge in [0.15, 0.2) is 16.7 Å². The Bertz CT molecular complexity index is 917. The van der Waals surface area contributed by atoms with Crippen LogP contribution in [-0.4, -0.2) is 26.3 Å². The third-order valence-electron chi connectivity index (χ3n) is 4.82. The Hall–Kier alpha value is -2.41. The van der Waals surface area contributed by atoms with Gasteiger partial charge in [-0.05, 0) is 37.1 Å². The van der Waals surface area contributed by atoms with E-state index < -0.39 is 5.82 Å². The van der Waals surface area contributed by atoms with Gasteiger partial charge in [-0.3, -0.25) is 9.36 Å². The van der Waals surface area contributed by atoms with Gasteiger partial charge in [0.25, 0.3) is 0 Å². The monoisotopic (exact) mass is 385 g/mol. The number of aromatic nitrogens is 3. The lowest BCUT2D eigenvalue weighted by molar-refractivity contribution is 0.102. The van der Waals surface area contributed by atoms with Crippen molar-refractivity contribution in [1.29, 1.82) is 0 Å². The Morgan fingerprint density at radius 1 is 1.19 bits per heavy atom. The molecule has 0 spiro atoms. The van der Waals surface area contributed by atoms with E-state index in [0.717, 1.165) is 12.8 Å². The summed E-state index contributed by atoms with van der Waals surface area (Å²) in [7, 11) is 0. The number of hydrogen-bond donors (Lipinski definition) is 0. The largest absolute Gasteiger partial charge is 0.461 e. The molecule has 0 aliphatic heterocycles. The van der Waals surface area contributed by atoms with Crippen LogP contribution in [0.15, 0.2) is 52.2 Å². The molecule has 0 radical (unpaired) electrons. The summed E-state index contributed by atoms with van der Waals surface area (Å²) >= 11 is 1.34. The summed E-state index contributed by atoms with van der Waals surface area (Å²) in [6.07, 6.45) is 7.35. The molecule has 1 aliphatic carbocycles. The van der Waals surface area contributed by atoms with Crippen molar-refractivity contribution in [2.75, 3.05) is 5.75 Å². The SMILES string of the molecule is O=C(CSc1nnc(-c2ccco2)n1C1CCCCC1)c1cccc(F)c1. The molecular formula is C20H20FN3O2S. The molecule has 0 N–H and O–H groups in total. The van der Waals surface area contributed by atoms with Crippen molar-refractivity contribution in [2.24, 2.45) is 0 Å². The second-order valence-corrected chi connectivity index (χ2v) is 7.61. The first-order valence-corrected chi connectivity index (χ1v) is 10.1. The van der Waals surface area contributed by atoms with Crippen molar-refractivity contribution in [3.63, 3.8) is 0 Å². The average Bonchev–Trinajstić information content (AvgIpc) is 3.36. The molecule has 1 aromatic carbocycles. The van der Waals surface area contributed by atoms with Crippen molar-refractivity contribution in [3.8, 4) is 11.6 Å². The maximum atomic E-state index is 13.4. The Kier molecular flexibility index (Phi) is 5.38. The van der Waals surface area contributed by atoms with Crippen molar-refractivity contribution in [1.82, 2.24) is 14.8 Å². The zero-order valence-corrected chi connectivity index (χ0v) is 15.6. The summed E-state index contributed by atoms with van der Waals surface area (Å²) in [6, 6.07) is 9.78. The topological polar surface area (TPSA) is 60.9 Å². The van der Waals surface area contributed by atoms with Crippen molar-refractivity contribution < 1.29 is 13.6 Å². The van der Waals surface area contributed by atoms with Gasteiger partial charge in [0.1, 0.15) is 5.82 Å². The summed E-state index contributed by atoms with van der Waals surface area (Å²) in [4.78, 5) is 12.4. The highest BCUT2D eigenvalue weighted by Crippen LogP contribution is 2.35. The molecule has 4 rings (SSSR count). The molecule has 1 fully saturated rings. The van der Waals surface area contributed by atoms with Crippen molar-refractivity contribution in [3.05, 3.63) is 54.0 Å². The lowest BCUT2D eigenvalue weighted by Crippen LogP contribution is -2.15. The molecule has 0 saturated heterocycles. The van der Waals surface area contributed by atoms with E-state index in [1.54, 1.807) is 18.4 Å². The van der Waals surface area contributed by atoms with Gasteiger partial charge in [-0.25, -0.2) is 4.39 Å². The number of carbonyl (C=O) groups is 1. The van der Waals surface area contributed by atoms with Crippen LogP contribution in [0.4, 0.5) is 4.39 Å². The van der Waals surface area contributed by atoms with E-state index in [2.05, 4.69) is 14.8 Å². The molecule has 0 atom stereocenters. The number of thioether (sulfide) groups is 1. The molecule has 2 heterocycles. The molecule has 5 nitrogen and oxygen atoms in total. The Morgan fingerprint density at radius 2 is 2.04 bits per heavy atom. The molecule has 3 aromatic rings. The number of nitrogens with zero attached hydrogens (tertiary/aromatic N) is 3. The number of hydrogen-bond acceptors (Lipinski definition) is 5. The van der Waals surface area contributed by atoms with Crippen LogP contribution in [0, 0.1) is 5.82 Å². The van der Waals surface area contributed by atoms with Gasteiger partial charge in [-0.2, -0.15) is 0 Å². The van der Waals surface area contributed by atoms with E-state index in [-0.39, 0.29) is 11.5 Å². The summed E-state index contributed by atoms with van der Waals surface area (Å²) in [5.74, 6) is 1.03. The molecular weight excluding hydrogens is 365 g/mol. The normalized spacial score (nSPS) is 15.1. The number of carbonyl (C=O) groups excluding carboxylic acids is 1. The second kappa shape index (κ2) is 8.08. The Morgan fingerprint density at radius 3 is 2.78 bits per heavy atom. The number of halogens is 1. The van der Waals surface area contributed by atoms with Crippen LogP contribution in [0.3, 0.4) is 0 Å². The molecule has 1 saturated carbocycles. The van der Waals surface area contributed by atoms with Gasteiger partial charge in [0.2, 0.25) is 5.82 Å². The lowest BCUT2D eigenvalue weighted by atomic mass is 9.95. The van der Waals surface area contributed by atoms with Gasteiger partial charge in [-0.1, -0.05) is 43.2 Å². The summed E-state index contributed by atoms with van der Waals surface area (Å²) in [6.45, 7) is 0.